The van der Waals surface area contributed by atoms with Gasteiger partial charge in [0.2, 0.25) is 0 Å². The molecule has 0 spiro atoms. The summed E-state index contributed by atoms with van der Waals surface area (Å²) in [6.07, 6.45) is 2.88. The summed E-state index contributed by atoms with van der Waals surface area (Å²) in [6.45, 7) is 2.40. The molecule has 1 atom stereocenters. The molecule has 1 N–H and O–H groups in total. The van der Waals surface area contributed by atoms with E-state index >= 15 is 0 Å². The van der Waals surface area contributed by atoms with Crippen molar-refractivity contribution in [2.24, 2.45) is 5.92 Å². The van der Waals surface area contributed by atoms with Gasteiger partial charge in [0.05, 0.1) is 12.5 Å². The van der Waals surface area contributed by atoms with Gasteiger partial charge in [-0.1, -0.05) is 31.0 Å². The Hall–Kier alpha value is -2.36. The maximum absolute atomic E-state index is 13.2. The highest BCUT2D eigenvalue weighted by Gasteiger charge is 2.30. The monoisotopic (exact) mass is 328 g/mol. The van der Waals surface area contributed by atoms with Crippen LogP contribution >= 0.6 is 0 Å². The van der Waals surface area contributed by atoms with Crippen LogP contribution in [-0.2, 0) is 4.79 Å². The molecule has 0 heterocycles. The number of carboxylic acid groups (broad SMARTS) is 1. The Morgan fingerprint density at radius 3 is 2.50 bits per heavy atom. The smallest absolute Gasteiger partial charge is 0.310 e. The van der Waals surface area contributed by atoms with Crippen molar-refractivity contribution in [3.05, 3.63) is 53.8 Å². The topological polar surface area (TPSA) is 46.5 Å². The molecule has 1 aliphatic rings. The Morgan fingerprint density at radius 1 is 1.21 bits per heavy atom. The fourth-order valence-corrected chi connectivity index (χ4v) is 2.95. The summed E-state index contributed by atoms with van der Waals surface area (Å²) >= 11 is 0. The van der Waals surface area contributed by atoms with E-state index in [1.54, 1.807) is 12.1 Å². The van der Waals surface area contributed by atoms with Crippen molar-refractivity contribution < 1.29 is 19.0 Å². The van der Waals surface area contributed by atoms with Crippen molar-refractivity contribution in [2.45, 2.75) is 32.1 Å². The highest BCUT2D eigenvalue weighted by Crippen LogP contribution is 2.40. The van der Waals surface area contributed by atoms with Crippen LogP contribution in [0, 0.1) is 11.7 Å². The Bertz CT molecular complexity index is 720. The lowest BCUT2D eigenvalue weighted by atomic mass is 9.90. The molecular weight excluding hydrogens is 307 g/mol. The normalized spacial score (nSPS) is 15.1. The molecule has 3 rings (SSSR count). The van der Waals surface area contributed by atoms with Crippen LogP contribution in [-0.4, -0.2) is 17.7 Å². The molecule has 1 aliphatic carbocycles. The Kier molecular flexibility index (Phi) is 4.84. The van der Waals surface area contributed by atoms with E-state index in [-0.39, 0.29) is 5.82 Å². The van der Waals surface area contributed by atoms with E-state index in [0.29, 0.717) is 24.7 Å². The minimum Gasteiger partial charge on any atom is -0.494 e. The Labute approximate surface area is 141 Å². The van der Waals surface area contributed by atoms with Gasteiger partial charge < -0.3 is 9.84 Å². The van der Waals surface area contributed by atoms with Crippen LogP contribution in [0.4, 0.5) is 4.39 Å². The number of benzene rings is 2. The van der Waals surface area contributed by atoms with Gasteiger partial charge >= 0.3 is 5.97 Å². The average Bonchev–Trinajstić information content (AvgIpc) is 3.37. The van der Waals surface area contributed by atoms with E-state index in [2.05, 4.69) is 0 Å². The highest BCUT2D eigenvalue weighted by atomic mass is 19.1. The maximum atomic E-state index is 13.2. The minimum absolute atomic E-state index is 0.294. The zero-order valence-electron chi connectivity index (χ0n) is 13.7. The van der Waals surface area contributed by atoms with Gasteiger partial charge in [0.1, 0.15) is 11.6 Å². The lowest BCUT2D eigenvalue weighted by Gasteiger charge is -2.16. The Balaban J connectivity index is 2.00. The number of rotatable bonds is 7. The quantitative estimate of drug-likeness (QED) is 0.789. The molecule has 4 heteroatoms. The van der Waals surface area contributed by atoms with E-state index in [1.807, 2.05) is 25.1 Å². The average molecular weight is 328 g/mol. The first-order valence-electron chi connectivity index (χ1n) is 8.33. The molecule has 1 fully saturated rings. The largest absolute Gasteiger partial charge is 0.494 e. The van der Waals surface area contributed by atoms with Gasteiger partial charge in [-0.15, -0.1) is 0 Å². The first kappa shape index (κ1) is 16.5. The minimum atomic E-state index is -0.805. The first-order chi connectivity index (χ1) is 11.6. The first-order valence-corrected chi connectivity index (χ1v) is 8.33. The summed E-state index contributed by atoms with van der Waals surface area (Å²) in [5.74, 6) is -0.470. The number of hydrogen-bond donors (Lipinski definition) is 1. The zero-order valence-corrected chi connectivity index (χ0v) is 13.7. The van der Waals surface area contributed by atoms with E-state index in [9.17, 15) is 14.3 Å². The second kappa shape index (κ2) is 7.04. The van der Waals surface area contributed by atoms with Crippen LogP contribution in [0.1, 0.15) is 37.7 Å². The van der Waals surface area contributed by atoms with Gasteiger partial charge in [0, 0.05) is 0 Å². The van der Waals surface area contributed by atoms with Crippen LogP contribution in [0.15, 0.2) is 42.5 Å². The molecule has 0 aliphatic heterocycles. The second-order valence-corrected chi connectivity index (χ2v) is 6.30. The third-order valence-corrected chi connectivity index (χ3v) is 4.38. The molecule has 0 radical (unpaired) electrons. The number of aliphatic carboxylic acids is 1. The lowest BCUT2D eigenvalue weighted by Crippen LogP contribution is -2.13. The van der Waals surface area contributed by atoms with Gasteiger partial charge in [-0.3, -0.25) is 4.79 Å². The SMILES string of the molecule is CCOc1cc(-c2ccc(F)cc2)cc(C(CC2CC2)C(=O)O)c1. The van der Waals surface area contributed by atoms with Gasteiger partial charge in [-0.25, -0.2) is 4.39 Å². The molecule has 0 aromatic heterocycles. The van der Waals surface area contributed by atoms with Crippen molar-refractivity contribution in [3.63, 3.8) is 0 Å². The summed E-state index contributed by atoms with van der Waals surface area (Å²) in [5.41, 5.74) is 2.44. The molecule has 1 unspecified atom stereocenters. The summed E-state index contributed by atoms with van der Waals surface area (Å²) in [6, 6.07) is 11.8. The van der Waals surface area contributed by atoms with Crippen LogP contribution in [0.2, 0.25) is 0 Å². The van der Waals surface area contributed by atoms with E-state index in [4.69, 9.17) is 4.74 Å². The van der Waals surface area contributed by atoms with Crippen LogP contribution < -0.4 is 4.74 Å². The predicted octanol–water partition coefficient (Wildman–Crippen LogP) is 4.86. The zero-order chi connectivity index (χ0) is 17.1. The molecule has 2 aromatic rings. The van der Waals surface area contributed by atoms with E-state index in [0.717, 1.165) is 29.5 Å². The fourth-order valence-electron chi connectivity index (χ4n) is 2.95. The Morgan fingerprint density at radius 2 is 1.92 bits per heavy atom. The van der Waals surface area contributed by atoms with Crippen molar-refractivity contribution in [1.29, 1.82) is 0 Å². The van der Waals surface area contributed by atoms with Gasteiger partial charge in [-0.2, -0.15) is 0 Å². The van der Waals surface area contributed by atoms with E-state index < -0.39 is 11.9 Å². The van der Waals surface area contributed by atoms with Crippen LogP contribution in [0.3, 0.4) is 0 Å². The van der Waals surface area contributed by atoms with Crippen molar-refractivity contribution in [1.82, 2.24) is 0 Å². The summed E-state index contributed by atoms with van der Waals surface area (Å²) in [4.78, 5) is 11.7. The molecule has 24 heavy (non-hydrogen) atoms. The summed E-state index contributed by atoms with van der Waals surface area (Å²) < 4.78 is 18.8. The van der Waals surface area contributed by atoms with E-state index in [1.165, 1.54) is 12.1 Å². The number of halogens is 1. The number of carbonyl (C=O) groups is 1. The van der Waals surface area contributed by atoms with Crippen LogP contribution in [0.25, 0.3) is 11.1 Å². The predicted molar refractivity (Wildman–Crippen MR) is 90.7 cm³/mol. The van der Waals surface area contributed by atoms with Crippen molar-refractivity contribution in [3.8, 4) is 16.9 Å². The molecule has 0 amide bonds. The summed E-state index contributed by atoms with van der Waals surface area (Å²) in [5, 5.41) is 9.63. The maximum Gasteiger partial charge on any atom is 0.310 e. The molecule has 1 saturated carbocycles. The van der Waals surface area contributed by atoms with Gasteiger partial charge in [-0.05, 0) is 60.2 Å². The molecule has 2 aromatic carbocycles. The standard InChI is InChI=1S/C20H21FO3/c1-2-24-18-11-15(14-5-7-17(21)8-6-14)10-16(12-18)19(20(22)23)9-13-3-4-13/h5-8,10-13,19H,2-4,9H2,1H3,(H,22,23). The summed E-state index contributed by atoms with van der Waals surface area (Å²) in [7, 11) is 0. The highest BCUT2D eigenvalue weighted by molar-refractivity contribution is 5.78. The molecule has 0 bridgehead atoms. The molecule has 126 valence electrons. The number of ether oxygens (including phenoxy) is 1. The fraction of sp³-hybridized carbons (Fsp3) is 0.350. The number of carboxylic acids is 1. The van der Waals surface area contributed by atoms with Gasteiger partial charge in [0.15, 0.2) is 0 Å². The van der Waals surface area contributed by atoms with Crippen molar-refractivity contribution >= 4 is 5.97 Å². The third-order valence-electron chi connectivity index (χ3n) is 4.38. The van der Waals surface area contributed by atoms with Crippen molar-refractivity contribution in [2.75, 3.05) is 6.61 Å². The molecule has 0 saturated heterocycles. The van der Waals surface area contributed by atoms with Crippen LogP contribution in [0.5, 0.6) is 5.75 Å². The van der Waals surface area contributed by atoms with Gasteiger partial charge in [0.25, 0.3) is 0 Å². The third kappa shape index (κ3) is 3.94. The second-order valence-electron chi connectivity index (χ2n) is 6.30. The lowest BCUT2D eigenvalue weighted by molar-refractivity contribution is -0.139. The number of hydrogen-bond acceptors (Lipinski definition) is 2. The molecular formula is C20H21FO3. The molecule has 3 nitrogen and oxygen atoms in total.